The molecule has 1 N–H and O–H groups in total. The summed E-state index contributed by atoms with van der Waals surface area (Å²) >= 11 is 0. The zero-order valence-electron chi connectivity index (χ0n) is 15.6. The van der Waals surface area contributed by atoms with E-state index in [4.69, 9.17) is 4.42 Å². The first kappa shape index (κ1) is 17.7. The minimum absolute atomic E-state index is 0.206. The largest absolute Gasteiger partial charge is 0.464 e. The molecule has 4 heteroatoms. The van der Waals surface area contributed by atoms with E-state index < -0.39 is 0 Å². The second-order valence-electron chi connectivity index (χ2n) is 6.70. The summed E-state index contributed by atoms with van der Waals surface area (Å²) in [7, 11) is 0. The SMILES string of the molecule is CC(Cc1cccc(-c2ccc3occc3c2)c1)=NNC(=O)c1ccccc1. The van der Waals surface area contributed by atoms with Gasteiger partial charge in [-0.05, 0) is 53.9 Å². The molecule has 28 heavy (non-hydrogen) atoms. The predicted molar refractivity (Wildman–Crippen MR) is 112 cm³/mol. The molecule has 0 fully saturated rings. The summed E-state index contributed by atoms with van der Waals surface area (Å²) < 4.78 is 5.41. The van der Waals surface area contributed by atoms with E-state index in [-0.39, 0.29) is 5.91 Å². The predicted octanol–water partition coefficient (Wildman–Crippen LogP) is 5.45. The van der Waals surface area contributed by atoms with E-state index in [2.05, 4.69) is 40.9 Å². The molecule has 1 heterocycles. The molecule has 0 aliphatic carbocycles. The molecule has 0 aliphatic rings. The first-order chi connectivity index (χ1) is 13.7. The van der Waals surface area contributed by atoms with Crippen LogP contribution in [0.5, 0.6) is 0 Å². The van der Waals surface area contributed by atoms with Crippen LogP contribution in [0, 0.1) is 0 Å². The highest BCUT2D eigenvalue weighted by atomic mass is 16.3. The first-order valence-electron chi connectivity index (χ1n) is 9.14. The second-order valence-corrected chi connectivity index (χ2v) is 6.70. The van der Waals surface area contributed by atoms with Gasteiger partial charge in [-0.1, -0.05) is 48.5 Å². The molecule has 0 aliphatic heterocycles. The third-order valence-corrected chi connectivity index (χ3v) is 4.56. The number of hydrogen-bond acceptors (Lipinski definition) is 3. The van der Waals surface area contributed by atoms with Crippen LogP contribution in [0.4, 0.5) is 0 Å². The van der Waals surface area contributed by atoms with Gasteiger partial charge in [0.15, 0.2) is 0 Å². The van der Waals surface area contributed by atoms with Crippen molar-refractivity contribution in [1.29, 1.82) is 0 Å². The molecular weight excluding hydrogens is 348 g/mol. The molecule has 1 amide bonds. The van der Waals surface area contributed by atoms with Crippen LogP contribution < -0.4 is 5.43 Å². The van der Waals surface area contributed by atoms with Gasteiger partial charge in [-0.2, -0.15) is 5.10 Å². The minimum Gasteiger partial charge on any atom is -0.464 e. The van der Waals surface area contributed by atoms with Crippen LogP contribution in [0.3, 0.4) is 0 Å². The Bertz CT molecular complexity index is 1140. The smallest absolute Gasteiger partial charge is 0.271 e. The molecule has 138 valence electrons. The number of furan rings is 1. The van der Waals surface area contributed by atoms with Gasteiger partial charge in [0.05, 0.1) is 6.26 Å². The van der Waals surface area contributed by atoms with E-state index in [9.17, 15) is 4.79 Å². The van der Waals surface area contributed by atoms with Gasteiger partial charge in [0.25, 0.3) is 5.91 Å². The van der Waals surface area contributed by atoms with Crippen LogP contribution in [0.2, 0.25) is 0 Å². The van der Waals surface area contributed by atoms with Crippen molar-refractivity contribution in [3.8, 4) is 11.1 Å². The van der Waals surface area contributed by atoms with E-state index in [1.165, 1.54) is 0 Å². The summed E-state index contributed by atoms with van der Waals surface area (Å²) in [5.74, 6) is -0.206. The Labute approximate surface area is 163 Å². The summed E-state index contributed by atoms with van der Waals surface area (Å²) in [6, 6.07) is 25.6. The number of benzene rings is 3. The summed E-state index contributed by atoms with van der Waals surface area (Å²) in [5, 5.41) is 5.32. The van der Waals surface area contributed by atoms with Crippen molar-refractivity contribution >= 4 is 22.6 Å². The van der Waals surface area contributed by atoms with Gasteiger partial charge in [-0.3, -0.25) is 4.79 Å². The molecule has 0 spiro atoms. The van der Waals surface area contributed by atoms with Crippen LogP contribution >= 0.6 is 0 Å². The first-order valence-corrected chi connectivity index (χ1v) is 9.14. The molecule has 4 nitrogen and oxygen atoms in total. The number of nitrogens with one attached hydrogen (secondary N) is 1. The molecule has 4 aromatic rings. The Morgan fingerprint density at radius 2 is 1.75 bits per heavy atom. The van der Waals surface area contributed by atoms with Gasteiger partial charge in [0, 0.05) is 23.1 Å². The number of rotatable bonds is 5. The van der Waals surface area contributed by atoms with Crippen molar-refractivity contribution in [2.75, 3.05) is 0 Å². The van der Waals surface area contributed by atoms with Crippen LogP contribution in [0.15, 0.2) is 94.6 Å². The second kappa shape index (κ2) is 7.92. The van der Waals surface area contributed by atoms with Crippen LogP contribution in [0.1, 0.15) is 22.8 Å². The quantitative estimate of drug-likeness (QED) is 0.376. The normalized spacial score (nSPS) is 11.5. The highest BCUT2D eigenvalue weighted by Gasteiger charge is 2.05. The van der Waals surface area contributed by atoms with E-state index in [0.717, 1.165) is 33.4 Å². The highest BCUT2D eigenvalue weighted by Crippen LogP contribution is 2.26. The lowest BCUT2D eigenvalue weighted by Crippen LogP contribution is -2.19. The van der Waals surface area contributed by atoms with E-state index in [1.54, 1.807) is 18.4 Å². The maximum Gasteiger partial charge on any atom is 0.271 e. The maximum absolute atomic E-state index is 12.1. The zero-order chi connectivity index (χ0) is 19.3. The van der Waals surface area contributed by atoms with Gasteiger partial charge in [0.2, 0.25) is 0 Å². The number of hydrazone groups is 1. The fraction of sp³-hybridized carbons (Fsp3) is 0.0833. The topological polar surface area (TPSA) is 54.6 Å². The lowest BCUT2D eigenvalue weighted by atomic mass is 10.00. The number of carbonyl (C=O) groups excluding carboxylic acids is 1. The van der Waals surface area contributed by atoms with E-state index in [0.29, 0.717) is 12.0 Å². The molecule has 0 saturated heterocycles. The average Bonchev–Trinajstić information content (AvgIpc) is 3.21. The van der Waals surface area contributed by atoms with Gasteiger partial charge in [-0.15, -0.1) is 0 Å². The number of nitrogens with zero attached hydrogens (tertiary/aromatic N) is 1. The van der Waals surface area contributed by atoms with Gasteiger partial charge < -0.3 is 4.42 Å². The zero-order valence-corrected chi connectivity index (χ0v) is 15.6. The fourth-order valence-electron chi connectivity index (χ4n) is 3.14. The molecule has 0 atom stereocenters. The van der Waals surface area contributed by atoms with Crippen molar-refractivity contribution in [2.24, 2.45) is 5.10 Å². The van der Waals surface area contributed by atoms with Crippen molar-refractivity contribution in [3.05, 3.63) is 96.3 Å². The van der Waals surface area contributed by atoms with Gasteiger partial charge in [-0.25, -0.2) is 5.43 Å². The molecule has 0 saturated carbocycles. The number of hydrogen-bond donors (Lipinski definition) is 1. The lowest BCUT2D eigenvalue weighted by molar-refractivity contribution is 0.0954. The van der Waals surface area contributed by atoms with E-state index >= 15 is 0 Å². The number of fused-ring (bicyclic) bond motifs is 1. The average molecular weight is 368 g/mol. The summed E-state index contributed by atoms with van der Waals surface area (Å²) in [5.41, 5.74) is 8.36. The Morgan fingerprint density at radius 3 is 2.61 bits per heavy atom. The highest BCUT2D eigenvalue weighted by molar-refractivity contribution is 5.95. The molecule has 0 bridgehead atoms. The fourth-order valence-corrected chi connectivity index (χ4v) is 3.14. The third kappa shape index (κ3) is 4.01. The summed E-state index contributed by atoms with van der Waals surface area (Å²) in [6.07, 6.45) is 2.37. The van der Waals surface area contributed by atoms with Crippen LogP contribution in [0.25, 0.3) is 22.1 Å². The molecule has 0 unspecified atom stereocenters. The van der Waals surface area contributed by atoms with Crippen molar-refractivity contribution in [2.45, 2.75) is 13.3 Å². The van der Waals surface area contributed by atoms with Crippen molar-refractivity contribution in [3.63, 3.8) is 0 Å². The summed E-state index contributed by atoms with van der Waals surface area (Å²) in [6.45, 7) is 1.91. The Kier molecular flexibility index (Phi) is 5.02. The Balaban J connectivity index is 1.47. The Morgan fingerprint density at radius 1 is 0.929 bits per heavy atom. The summed E-state index contributed by atoms with van der Waals surface area (Å²) in [4.78, 5) is 12.1. The van der Waals surface area contributed by atoms with Gasteiger partial charge >= 0.3 is 0 Å². The maximum atomic E-state index is 12.1. The van der Waals surface area contributed by atoms with E-state index in [1.807, 2.05) is 43.3 Å². The monoisotopic (exact) mass is 368 g/mol. The molecule has 4 rings (SSSR count). The Hall–Kier alpha value is -3.66. The number of carbonyl (C=O) groups is 1. The standard InChI is InChI=1S/C24H20N2O2/c1-17(25-26-24(27)19-7-3-2-4-8-19)14-18-6-5-9-20(15-18)21-10-11-23-22(16-21)12-13-28-23/h2-13,15-16H,14H2,1H3,(H,26,27). The third-order valence-electron chi connectivity index (χ3n) is 4.56. The molecule has 3 aromatic carbocycles. The lowest BCUT2D eigenvalue weighted by Gasteiger charge is -2.07. The number of amides is 1. The molecule has 1 aromatic heterocycles. The molecular formula is C24H20N2O2. The van der Waals surface area contributed by atoms with Gasteiger partial charge in [0.1, 0.15) is 5.58 Å². The van der Waals surface area contributed by atoms with Crippen molar-refractivity contribution < 1.29 is 9.21 Å². The van der Waals surface area contributed by atoms with Crippen LogP contribution in [-0.4, -0.2) is 11.6 Å². The molecule has 0 radical (unpaired) electrons. The van der Waals surface area contributed by atoms with Crippen LogP contribution in [-0.2, 0) is 6.42 Å². The minimum atomic E-state index is -0.206. The van der Waals surface area contributed by atoms with Crippen molar-refractivity contribution in [1.82, 2.24) is 5.43 Å².